The lowest BCUT2D eigenvalue weighted by Crippen LogP contribution is -2.51. The van der Waals surface area contributed by atoms with Crippen LogP contribution in [0, 0.1) is 5.92 Å². The fourth-order valence-corrected chi connectivity index (χ4v) is 2.18. The SMILES string of the molecule is CC1CC(NCC2(C)OCCCO2)C1. The zero-order valence-electron chi connectivity index (χ0n) is 9.21. The summed E-state index contributed by atoms with van der Waals surface area (Å²) in [6.45, 7) is 6.82. The molecule has 3 heteroatoms. The Kier molecular flexibility index (Phi) is 3.10. The summed E-state index contributed by atoms with van der Waals surface area (Å²) in [6.07, 6.45) is 3.63. The molecule has 2 rings (SSSR count). The largest absolute Gasteiger partial charge is 0.349 e. The molecular weight excluding hydrogens is 178 g/mol. The van der Waals surface area contributed by atoms with Crippen molar-refractivity contribution in [2.45, 2.75) is 44.9 Å². The van der Waals surface area contributed by atoms with E-state index in [4.69, 9.17) is 9.47 Å². The molecule has 0 aromatic rings. The van der Waals surface area contributed by atoms with E-state index < -0.39 is 0 Å². The molecule has 2 fully saturated rings. The Morgan fingerprint density at radius 3 is 2.50 bits per heavy atom. The van der Waals surface area contributed by atoms with E-state index in [0.717, 1.165) is 32.1 Å². The molecule has 0 radical (unpaired) electrons. The highest BCUT2D eigenvalue weighted by molar-refractivity contribution is 4.84. The smallest absolute Gasteiger partial charge is 0.177 e. The van der Waals surface area contributed by atoms with Crippen LogP contribution in [0.3, 0.4) is 0 Å². The summed E-state index contributed by atoms with van der Waals surface area (Å²) in [5, 5.41) is 3.51. The molecule has 0 unspecified atom stereocenters. The monoisotopic (exact) mass is 199 g/mol. The fraction of sp³-hybridized carbons (Fsp3) is 1.00. The van der Waals surface area contributed by atoms with Crippen LogP contribution in [-0.2, 0) is 9.47 Å². The lowest BCUT2D eigenvalue weighted by molar-refractivity contribution is -0.253. The maximum Gasteiger partial charge on any atom is 0.177 e. The van der Waals surface area contributed by atoms with Gasteiger partial charge in [-0.05, 0) is 32.1 Å². The van der Waals surface area contributed by atoms with Crippen molar-refractivity contribution in [3.05, 3.63) is 0 Å². The van der Waals surface area contributed by atoms with Gasteiger partial charge in [0.25, 0.3) is 0 Å². The van der Waals surface area contributed by atoms with E-state index in [1.807, 2.05) is 6.92 Å². The molecule has 1 N–H and O–H groups in total. The zero-order valence-corrected chi connectivity index (χ0v) is 9.21. The molecule has 1 aliphatic heterocycles. The number of nitrogens with one attached hydrogen (secondary N) is 1. The quantitative estimate of drug-likeness (QED) is 0.747. The first-order chi connectivity index (χ1) is 6.68. The van der Waals surface area contributed by atoms with Gasteiger partial charge in [0.15, 0.2) is 5.79 Å². The minimum atomic E-state index is -0.378. The van der Waals surface area contributed by atoms with Gasteiger partial charge in [-0.2, -0.15) is 0 Å². The van der Waals surface area contributed by atoms with E-state index >= 15 is 0 Å². The molecule has 3 nitrogen and oxygen atoms in total. The molecule has 1 saturated carbocycles. The van der Waals surface area contributed by atoms with Crippen molar-refractivity contribution < 1.29 is 9.47 Å². The van der Waals surface area contributed by atoms with Gasteiger partial charge in [0, 0.05) is 12.6 Å². The maximum absolute atomic E-state index is 5.63. The van der Waals surface area contributed by atoms with Crippen molar-refractivity contribution in [1.29, 1.82) is 0 Å². The molecule has 0 aromatic heterocycles. The van der Waals surface area contributed by atoms with Crippen LogP contribution >= 0.6 is 0 Å². The summed E-state index contributed by atoms with van der Waals surface area (Å²) in [5.74, 6) is 0.519. The van der Waals surface area contributed by atoms with Crippen molar-refractivity contribution >= 4 is 0 Å². The van der Waals surface area contributed by atoms with Crippen molar-refractivity contribution in [2.75, 3.05) is 19.8 Å². The summed E-state index contributed by atoms with van der Waals surface area (Å²) in [4.78, 5) is 0. The van der Waals surface area contributed by atoms with Crippen molar-refractivity contribution in [3.8, 4) is 0 Å². The second-order valence-corrected chi connectivity index (χ2v) is 4.84. The summed E-state index contributed by atoms with van der Waals surface area (Å²) in [6, 6.07) is 0.691. The van der Waals surface area contributed by atoms with E-state index in [2.05, 4.69) is 12.2 Å². The first-order valence-electron chi connectivity index (χ1n) is 5.69. The standard InChI is InChI=1S/C11H21NO2/c1-9-6-10(7-9)12-8-11(2)13-4-3-5-14-11/h9-10,12H,3-8H2,1-2H3. The van der Waals surface area contributed by atoms with Crippen LogP contribution in [0.1, 0.15) is 33.1 Å². The fourth-order valence-electron chi connectivity index (χ4n) is 2.18. The topological polar surface area (TPSA) is 30.5 Å². The average Bonchev–Trinajstić information content (AvgIpc) is 2.12. The van der Waals surface area contributed by atoms with Crippen LogP contribution in [0.15, 0.2) is 0 Å². The molecule has 0 atom stereocenters. The van der Waals surface area contributed by atoms with Crippen LogP contribution in [0.25, 0.3) is 0 Å². The Labute approximate surface area is 86.2 Å². The molecule has 0 spiro atoms. The van der Waals surface area contributed by atoms with Crippen molar-refractivity contribution in [3.63, 3.8) is 0 Å². The van der Waals surface area contributed by atoms with Crippen LogP contribution in [0.5, 0.6) is 0 Å². The lowest BCUT2D eigenvalue weighted by atomic mass is 9.82. The Hall–Kier alpha value is -0.120. The summed E-state index contributed by atoms with van der Waals surface area (Å²) in [7, 11) is 0. The van der Waals surface area contributed by atoms with Gasteiger partial charge in [0.05, 0.1) is 13.2 Å². The molecule has 82 valence electrons. The molecule has 1 heterocycles. The van der Waals surface area contributed by atoms with Gasteiger partial charge >= 0.3 is 0 Å². The molecule has 0 bridgehead atoms. The molecule has 14 heavy (non-hydrogen) atoms. The molecular formula is C11H21NO2. The number of hydrogen-bond acceptors (Lipinski definition) is 3. The van der Waals surface area contributed by atoms with Crippen LogP contribution in [-0.4, -0.2) is 31.6 Å². The Morgan fingerprint density at radius 1 is 1.29 bits per heavy atom. The van der Waals surface area contributed by atoms with E-state index in [9.17, 15) is 0 Å². The van der Waals surface area contributed by atoms with Crippen LogP contribution in [0.4, 0.5) is 0 Å². The second-order valence-electron chi connectivity index (χ2n) is 4.84. The Morgan fingerprint density at radius 2 is 1.93 bits per heavy atom. The van der Waals surface area contributed by atoms with Crippen molar-refractivity contribution in [2.24, 2.45) is 5.92 Å². The Bertz CT molecular complexity index is 184. The summed E-state index contributed by atoms with van der Waals surface area (Å²) in [5.41, 5.74) is 0. The molecule has 2 aliphatic rings. The van der Waals surface area contributed by atoms with Gasteiger partial charge in [-0.1, -0.05) is 6.92 Å². The summed E-state index contributed by atoms with van der Waals surface area (Å²) >= 11 is 0. The minimum absolute atomic E-state index is 0.378. The first kappa shape index (κ1) is 10.4. The van der Waals surface area contributed by atoms with Crippen molar-refractivity contribution in [1.82, 2.24) is 5.32 Å². The van der Waals surface area contributed by atoms with E-state index in [1.165, 1.54) is 12.8 Å². The highest BCUT2D eigenvalue weighted by Crippen LogP contribution is 2.27. The number of rotatable bonds is 3. The number of ether oxygens (including phenoxy) is 2. The molecule has 0 amide bonds. The predicted octanol–water partition coefficient (Wildman–Crippen LogP) is 1.53. The van der Waals surface area contributed by atoms with Gasteiger partial charge in [0.1, 0.15) is 0 Å². The van der Waals surface area contributed by atoms with Gasteiger partial charge in [-0.25, -0.2) is 0 Å². The highest BCUT2D eigenvalue weighted by atomic mass is 16.7. The number of hydrogen-bond donors (Lipinski definition) is 1. The third-order valence-electron chi connectivity index (χ3n) is 3.19. The van der Waals surface area contributed by atoms with Gasteiger partial charge in [-0.3, -0.25) is 0 Å². The zero-order chi connectivity index (χ0) is 10.0. The maximum atomic E-state index is 5.63. The third-order valence-corrected chi connectivity index (χ3v) is 3.19. The molecule has 1 aliphatic carbocycles. The van der Waals surface area contributed by atoms with Crippen LogP contribution in [0.2, 0.25) is 0 Å². The van der Waals surface area contributed by atoms with Crippen LogP contribution < -0.4 is 5.32 Å². The van der Waals surface area contributed by atoms with Gasteiger partial charge in [0.2, 0.25) is 0 Å². The second kappa shape index (κ2) is 4.17. The van der Waals surface area contributed by atoms with E-state index in [0.29, 0.717) is 6.04 Å². The highest BCUT2D eigenvalue weighted by Gasteiger charge is 2.32. The van der Waals surface area contributed by atoms with E-state index in [1.54, 1.807) is 0 Å². The Balaban J connectivity index is 1.68. The predicted molar refractivity (Wildman–Crippen MR) is 55.1 cm³/mol. The van der Waals surface area contributed by atoms with Gasteiger partial charge in [-0.15, -0.1) is 0 Å². The molecule has 0 aromatic carbocycles. The lowest BCUT2D eigenvalue weighted by Gasteiger charge is -2.39. The normalized spacial score (nSPS) is 36.4. The van der Waals surface area contributed by atoms with E-state index in [-0.39, 0.29) is 5.79 Å². The van der Waals surface area contributed by atoms with Gasteiger partial charge < -0.3 is 14.8 Å². The first-order valence-corrected chi connectivity index (χ1v) is 5.69. The minimum Gasteiger partial charge on any atom is -0.349 e. The average molecular weight is 199 g/mol. The third kappa shape index (κ3) is 2.47. The summed E-state index contributed by atoms with van der Waals surface area (Å²) < 4.78 is 11.3. The molecule has 1 saturated heterocycles.